The van der Waals surface area contributed by atoms with Gasteiger partial charge in [-0.2, -0.15) is 5.26 Å². The molecule has 0 aliphatic heterocycles. The number of carboxylic acid groups (broad SMARTS) is 1. The maximum atomic E-state index is 13.2. The molecule has 0 atom stereocenters. The molecule has 1 heterocycles. The number of nitriles is 1. The van der Waals surface area contributed by atoms with Crippen molar-refractivity contribution in [2.45, 2.75) is 9.92 Å². The zero-order valence-electron chi connectivity index (χ0n) is 9.37. The number of benzene rings is 1. The van der Waals surface area contributed by atoms with Gasteiger partial charge in [0.2, 0.25) is 0 Å². The van der Waals surface area contributed by atoms with Crippen LogP contribution >= 0.6 is 11.8 Å². The molecular formula is C12H6FN3O2S. The van der Waals surface area contributed by atoms with Crippen molar-refractivity contribution < 1.29 is 14.3 Å². The molecule has 0 saturated carbocycles. The van der Waals surface area contributed by atoms with E-state index in [1.807, 2.05) is 6.07 Å². The van der Waals surface area contributed by atoms with E-state index in [4.69, 9.17) is 10.4 Å². The van der Waals surface area contributed by atoms with Gasteiger partial charge in [0.1, 0.15) is 28.8 Å². The van der Waals surface area contributed by atoms with Crippen LogP contribution in [-0.2, 0) is 0 Å². The van der Waals surface area contributed by atoms with E-state index in [1.165, 1.54) is 24.7 Å². The second kappa shape index (κ2) is 5.46. The first-order chi connectivity index (χ1) is 9.11. The lowest BCUT2D eigenvalue weighted by Crippen LogP contribution is -2.00. The van der Waals surface area contributed by atoms with Crippen LogP contribution in [0.5, 0.6) is 0 Å². The van der Waals surface area contributed by atoms with E-state index in [2.05, 4.69) is 9.97 Å². The molecule has 19 heavy (non-hydrogen) atoms. The lowest BCUT2D eigenvalue weighted by Gasteiger charge is -2.04. The van der Waals surface area contributed by atoms with E-state index in [-0.39, 0.29) is 5.56 Å². The number of hydrogen-bond donors (Lipinski definition) is 1. The lowest BCUT2D eigenvalue weighted by molar-refractivity contribution is 0.0691. The average molecular weight is 275 g/mol. The highest BCUT2D eigenvalue weighted by atomic mass is 32.2. The summed E-state index contributed by atoms with van der Waals surface area (Å²) < 4.78 is 13.2. The van der Waals surface area contributed by atoms with Crippen molar-refractivity contribution in [1.29, 1.82) is 5.26 Å². The highest BCUT2D eigenvalue weighted by molar-refractivity contribution is 7.99. The van der Waals surface area contributed by atoms with Gasteiger partial charge in [0, 0.05) is 11.1 Å². The summed E-state index contributed by atoms with van der Waals surface area (Å²) in [6.45, 7) is 0. The Bertz CT molecular complexity index is 685. The minimum Gasteiger partial charge on any atom is -0.478 e. The van der Waals surface area contributed by atoms with E-state index in [9.17, 15) is 9.18 Å². The van der Waals surface area contributed by atoms with Gasteiger partial charge < -0.3 is 5.11 Å². The minimum atomic E-state index is -1.34. The highest BCUT2D eigenvalue weighted by Gasteiger charge is 2.13. The first-order valence-electron chi connectivity index (χ1n) is 5.02. The zero-order chi connectivity index (χ0) is 13.8. The predicted molar refractivity (Wildman–Crippen MR) is 64.2 cm³/mol. The summed E-state index contributed by atoms with van der Waals surface area (Å²) in [6.07, 6.45) is 2.64. The Hall–Kier alpha value is -2.46. The fourth-order valence-electron chi connectivity index (χ4n) is 1.32. The molecule has 0 fully saturated rings. The average Bonchev–Trinajstić information content (AvgIpc) is 2.41. The summed E-state index contributed by atoms with van der Waals surface area (Å²) in [5, 5.41) is 18.1. The van der Waals surface area contributed by atoms with Crippen LogP contribution in [0.25, 0.3) is 0 Å². The molecule has 1 N–H and O–H groups in total. The van der Waals surface area contributed by atoms with E-state index < -0.39 is 17.3 Å². The number of halogens is 1. The maximum absolute atomic E-state index is 13.2. The van der Waals surface area contributed by atoms with E-state index in [0.717, 1.165) is 17.8 Å². The van der Waals surface area contributed by atoms with Gasteiger partial charge in [-0.3, -0.25) is 0 Å². The molecule has 0 aliphatic rings. The Morgan fingerprint density at radius 2 is 2.26 bits per heavy atom. The Kier molecular flexibility index (Phi) is 3.73. The summed E-state index contributed by atoms with van der Waals surface area (Å²) >= 11 is 1.08. The van der Waals surface area contributed by atoms with Crippen molar-refractivity contribution in [2.75, 3.05) is 0 Å². The number of rotatable bonds is 3. The smallest absolute Gasteiger partial charge is 0.338 e. The first-order valence-corrected chi connectivity index (χ1v) is 5.84. The van der Waals surface area contributed by atoms with Crippen LogP contribution in [0.4, 0.5) is 4.39 Å². The van der Waals surface area contributed by atoms with Crippen LogP contribution in [0.15, 0.2) is 40.6 Å². The maximum Gasteiger partial charge on any atom is 0.338 e. The van der Waals surface area contributed by atoms with E-state index in [0.29, 0.717) is 9.92 Å². The number of hydrogen-bond acceptors (Lipinski definition) is 5. The third kappa shape index (κ3) is 2.86. The first kappa shape index (κ1) is 13.0. The predicted octanol–water partition coefficient (Wildman–Crippen LogP) is 2.34. The van der Waals surface area contributed by atoms with Crippen LogP contribution in [0, 0.1) is 17.1 Å². The molecule has 94 valence electrons. The Labute approximate surface area is 111 Å². The Morgan fingerprint density at radius 1 is 1.47 bits per heavy atom. The van der Waals surface area contributed by atoms with Crippen molar-refractivity contribution in [3.05, 3.63) is 47.7 Å². The molecule has 5 nitrogen and oxygen atoms in total. The van der Waals surface area contributed by atoms with Gasteiger partial charge in [0.15, 0.2) is 0 Å². The van der Waals surface area contributed by atoms with Crippen molar-refractivity contribution in [1.82, 2.24) is 9.97 Å². The molecule has 2 rings (SSSR count). The summed E-state index contributed by atoms with van der Waals surface area (Å²) in [5.74, 6) is -2.15. The highest BCUT2D eigenvalue weighted by Crippen LogP contribution is 2.29. The van der Waals surface area contributed by atoms with Crippen LogP contribution < -0.4 is 0 Å². The van der Waals surface area contributed by atoms with E-state index in [1.54, 1.807) is 0 Å². The van der Waals surface area contributed by atoms with Crippen molar-refractivity contribution in [2.24, 2.45) is 0 Å². The van der Waals surface area contributed by atoms with Gasteiger partial charge in [0.25, 0.3) is 0 Å². The van der Waals surface area contributed by atoms with Gasteiger partial charge in [0.05, 0.1) is 5.56 Å². The monoisotopic (exact) mass is 275 g/mol. The van der Waals surface area contributed by atoms with Gasteiger partial charge in [-0.25, -0.2) is 19.2 Å². The quantitative estimate of drug-likeness (QED) is 0.865. The Morgan fingerprint density at radius 3 is 2.95 bits per heavy atom. The molecule has 0 unspecified atom stereocenters. The normalized spacial score (nSPS) is 9.89. The van der Waals surface area contributed by atoms with Crippen LogP contribution in [-0.4, -0.2) is 21.0 Å². The van der Waals surface area contributed by atoms with Gasteiger partial charge >= 0.3 is 5.97 Å². The molecule has 0 aliphatic carbocycles. The van der Waals surface area contributed by atoms with Gasteiger partial charge in [-0.1, -0.05) is 11.8 Å². The second-order valence-electron chi connectivity index (χ2n) is 3.40. The fourth-order valence-corrected chi connectivity index (χ4v) is 2.16. The van der Waals surface area contributed by atoms with Crippen LogP contribution in [0.1, 0.15) is 15.9 Å². The minimum absolute atomic E-state index is 0.272. The van der Waals surface area contributed by atoms with Crippen molar-refractivity contribution in [3.8, 4) is 6.07 Å². The second-order valence-corrected chi connectivity index (χ2v) is 4.46. The topological polar surface area (TPSA) is 86.9 Å². The van der Waals surface area contributed by atoms with Crippen LogP contribution in [0.2, 0.25) is 0 Å². The van der Waals surface area contributed by atoms with Crippen molar-refractivity contribution >= 4 is 17.7 Å². The third-order valence-electron chi connectivity index (χ3n) is 2.18. The Balaban J connectivity index is 2.37. The summed E-state index contributed by atoms with van der Waals surface area (Å²) in [5.41, 5.74) is -0.147. The van der Waals surface area contributed by atoms with E-state index >= 15 is 0 Å². The van der Waals surface area contributed by atoms with Gasteiger partial charge in [-0.15, -0.1) is 0 Å². The number of nitrogens with zero attached hydrogens (tertiary/aromatic N) is 3. The molecular weight excluding hydrogens is 269 g/mol. The number of aromatic carboxylic acids is 1. The molecule has 0 radical (unpaired) electrons. The summed E-state index contributed by atoms with van der Waals surface area (Å²) in [6, 6.07) is 5.62. The largest absolute Gasteiger partial charge is 0.478 e. The number of aromatic nitrogens is 2. The third-order valence-corrected chi connectivity index (χ3v) is 3.19. The van der Waals surface area contributed by atoms with Crippen molar-refractivity contribution in [3.63, 3.8) is 0 Å². The number of carboxylic acids is 1. The molecule has 0 saturated heterocycles. The zero-order valence-corrected chi connectivity index (χ0v) is 10.2. The fraction of sp³-hybridized carbons (Fsp3) is 0. The molecule has 0 amide bonds. The molecule has 2 aromatic rings. The summed E-state index contributed by atoms with van der Waals surface area (Å²) in [4.78, 5) is 18.9. The molecule has 1 aromatic heterocycles. The number of carbonyl (C=O) groups is 1. The molecule has 1 aromatic carbocycles. The molecule has 7 heteroatoms. The van der Waals surface area contributed by atoms with Crippen LogP contribution in [0.3, 0.4) is 0 Å². The standard InChI is InChI=1S/C12H6FN3O2S/c13-10-2-1-8(3-9(10)12(17)18)19-11-7(4-14)5-15-6-16-11/h1-3,5-6H,(H,17,18). The SMILES string of the molecule is N#Cc1cncnc1Sc1ccc(F)c(C(=O)O)c1. The molecule has 0 bridgehead atoms. The summed E-state index contributed by atoms with van der Waals surface area (Å²) in [7, 11) is 0. The lowest BCUT2D eigenvalue weighted by atomic mass is 10.2. The van der Waals surface area contributed by atoms with Gasteiger partial charge in [-0.05, 0) is 18.2 Å². The molecule has 0 spiro atoms.